The third-order valence-electron chi connectivity index (χ3n) is 6.63. The van der Waals surface area contributed by atoms with E-state index >= 15 is 0 Å². The highest BCUT2D eigenvalue weighted by Crippen LogP contribution is 2.52. The highest BCUT2D eigenvalue weighted by atomic mass is 32.2. The number of aliphatic hydroxyl groups excluding tert-OH is 1. The number of hydrogen-bond acceptors (Lipinski definition) is 6. The molecule has 1 unspecified atom stereocenters. The molecular formula is C25H27NO6S. The first kappa shape index (κ1) is 23.2. The summed E-state index contributed by atoms with van der Waals surface area (Å²) in [4.78, 5) is 25.9. The Kier molecular flexibility index (Phi) is 5.92. The molecule has 8 heteroatoms. The average Bonchev–Trinajstić information content (AvgIpc) is 3.16. The van der Waals surface area contributed by atoms with Crippen molar-refractivity contribution in [1.29, 1.82) is 0 Å². The maximum Gasteiger partial charge on any atom is 0.335 e. The van der Waals surface area contributed by atoms with Crippen molar-refractivity contribution in [3.05, 3.63) is 70.8 Å². The Labute approximate surface area is 193 Å². The number of carbonyl (C=O) groups is 2. The lowest BCUT2D eigenvalue weighted by atomic mass is 9.74. The molecule has 174 valence electrons. The predicted octanol–water partition coefficient (Wildman–Crippen LogP) is 3.34. The van der Waals surface area contributed by atoms with Crippen molar-refractivity contribution in [3.8, 4) is 0 Å². The largest absolute Gasteiger partial charge is 0.466 e. The number of methoxy groups -OCH3 is 1. The van der Waals surface area contributed by atoms with Crippen LogP contribution in [0.5, 0.6) is 0 Å². The monoisotopic (exact) mass is 469 g/mol. The molecule has 2 aromatic rings. The molecule has 1 fully saturated rings. The van der Waals surface area contributed by atoms with E-state index in [0.29, 0.717) is 12.0 Å². The third kappa shape index (κ3) is 3.77. The molecule has 1 aliphatic carbocycles. The molecule has 1 heterocycles. The van der Waals surface area contributed by atoms with Gasteiger partial charge in [-0.2, -0.15) is 0 Å². The summed E-state index contributed by atoms with van der Waals surface area (Å²) < 4.78 is 33.7. The minimum atomic E-state index is -4.33. The second kappa shape index (κ2) is 8.43. The van der Waals surface area contributed by atoms with Crippen LogP contribution < -0.4 is 0 Å². The van der Waals surface area contributed by atoms with Crippen molar-refractivity contribution < 1.29 is 27.9 Å². The lowest BCUT2D eigenvalue weighted by molar-refractivity contribution is -0.141. The zero-order chi connectivity index (χ0) is 24.0. The maximum atomic E-state index is 13.9. The Morgan fingerprint density at radius 1 is 1.06 bits per heavy atom. The fourth-order valence-electron chi connectivity index (χ4n) is 4.76. The van der Waals surface area contributed by atoms with Gasteiger partial charge in [0.1, 0.15) is 5.78 Å². The summed E-state index contributed by atoms with van der Waals surface area (Å²) in [6.07, 6.45) is -0.701. The first-order valence-electron chi connectivity index (χ1n) is 10.8. The van der Waals surface area contributed by atoms with E-state index in [4.69, 9.17) is 4.74 Å². The smallest absolute Gasteiger partial charge is 0.335 e. The van der Waals surface area contributed by atoms with Crippen LogP contribution in [0.2, 0.25) is 0 Å². The van der Waals surface area contributed by atoms with Crippen LogP contribution >= 0.6 is 0 Å². The predicted molar refractivity (Wildman–Crippen MR) is 122 cm³/mol. The van der Waals surface area contributed by atoms with Gasteiger partial charge >= 0.3 is 5.97 Å². The Balaban J connectivity index is 2.03. The molecule has 4 rings (SSSR count). The van der Waals surface area contributed by atoms with Gasteiger partial charge in [0.25, 0.3) is 10.0 Å². The number of ketones is 1. The van der Waals surface area contributed by atoms with Gasteiger partial charge < -0.3 is 9.84 Å². The van der Waals surface area contributed by atoms with Crippen molar-refractivity contribution in [2.75, 3.05) is 7.11 Å². The molecule has 1 spiro atoms. The number of rotatable bonds is 4. The summed E-state index contributed by atoms with van der Waals surface area (Å²) in [5.74, 6) is -0.968. The number of Topliss-reactive ketones (excluding diaryl/α,β-unsaturated/α-hetero) is 1. The van der Waals surface area contributed by atoms with Crippen molar-refractivity contribution in [2.24, 2.45) is 5.41 Å². The van der Waals surface area contributed by atoms with Crippen LogP contribution in [-0.2, 0) is 24.3 Å². The van der Waals surface area contributed by atoms with Gasteiger partial charge in [-0.3, -0.25) is 4.79 Å². The van der Waals surface area contributed by atoms with Gasteiger partial charge in [0, 0.05) is 6.42 Å². The van der Waals surface area contributed by atoms with E-state index in [9.17, 15) is 23.1 Å². The molecule has 33 heavy (non-hydrogen) atoms. The SMILES string of the molecule is COC(=O)C1=C(c2ccc(C)cc2)N(S(=O)(=O)c2ccc(C)cc2)C(O)[C@@]2(CCCC2=O)C1. The van der Waals surface area contributed by atoms with Crippen LogP contribution in [0.15, 0.2) is 59.0 Å². The van der Waals surface area contributed by atoms with Crippen LogP contribution in [0.25, 0.3) is 5.70 Å². The van der Waals surface area contributed by atoms with Gasteiger partial charge in [-0.15, -0.1) is 0 Å². The molecule has 7 nitrogen and oxygen atoms in total. The van der Waals surface area contributed by atoms with E-state index < -0.39 is 27.6 Å². The van der Waals surface area contributed by atoms with Crippen molar-refractivity contribution in [2.45, 2.75) is 50.7 Å². The first-order chi connectivity index (χ1) is 15.6. The number of sulfonamides is 1. The highest BCUT2D eigenvalue weighted by molar-refractivity contribution is 7.89. The Morgan fingerprint density at radius 2 is 1.64 bits per heavy atom. The standard InChI is InChI=1S/C25H27NO6S/c1-16-6-10-18(11-7-16)22-20(23(28)32-3)15-25(14-4-5-21(25)27)24(29)26(22)33(30,31)19-12-8-17(2)9-13-19/h6-13,24,29H,4-5,14-15H2,1-3H3/t24?,25-/m0/s1. The Hall–Kier alpha value is -2.97. The van der Waals surface area contributed by atoms with Gasteiger partial charge in [0.15, 0.2) is 6.23 Å². The Morgan fingerprint density at radius 3 is 2.15 bits per heavy atom. The van der Waals surface area contributed by atoms with E-state index in [0.717, 1.165) is 15.4 Å². The molecule has 2 atom stereocenters. The molecule has 0 radical (unpaired) electrons. The minimum absolute atomic E-state index is 0.0385. The number of benzene rings is 2. The number of carbonyl (C=O) groups excluding carboxylic acids is 2. The average molecular weight is 470 g/mol. The maximum absolute atomic E-state index is 13.9. The fourth-order valence-corrected chi connectivity index (χ4v) is 6.39. The fraction of sp³-hybridized carbons (Fsp3) is 0.360. The quantitative estimate of drug-likeness (QED) is 0.690. The van der Waals surface area contributed by atoms with Gasteiger partial charge in [-0.1, -0.05) is 47.5 Å². The molecule has 0 bridgehead atoms. The topological polar surface area (TPSA) is 101 Å². The number of aryl methyl sites for hydroxylation is 2. The van der Waals surface area contributed by atoms with E-state index in [2.05, 4.69) is 0 Å². The molecule has 0 amide bonds. The van der Waals surface area contributed by atoms with Crippen molar-refractivity contribution in [3.63, 3.8) is 0 Å². The van der Waals surface area contributed by atoms with Crippen molar-refractivity contribution in [1.82, 2.24) is 4.31 Å². The normalized spacial score (nSPS) is 23.3. The van der Waals surface area contributed by atoms with Gasteiger partial charge in [-0.05, 0) is 50.8 Å². The van der Waals surface area contributed by atoms with E-state index in [1.807, 2.05) is 13.8 Å². The highest BCUT2D eigenvalue weighted by Gasteiger charge is 2.57. The van der Waals surface area contributed by atoms with Gasteiger partial charge in [0.05, 0.1) is 28.7 Å². The van der Waals surface area contributed by atoms with Gasteiger partial charge in [0.2, 0.25) is 0 Å². The van der Waals surface area contributed by atoms with Crippen molar-refractivity contribution >= 4 is 27.5 Å². The van der Waals surface area contributed by atoms with E-state index in [1.165, 1.54) is 19.2 Å². The summed E-state index contributed by atoms with van der Waals surface area (Å²) >= 11 is 0. The number of hydrogen-bond donors (Lipinski definition) is 1. The molecule has 0 aromatic heterocycles. The van der Waals surface area contributed by atoms with E-state index in [-0.39, 0.29) is 41.2 Å². The second-order valence-electron chi connectivity index (χ2n) is 8.78. The van der Waals surface area contributed by atoms with Crippen LogP contribution in [0.1, 0.15) is 42.4 Å². The minimum Gasteiger partial charge on any atom is -0.466 e. The molecule has 2 aromatic carbocycles. The zero-order valence-electron chi connectivity index (χ0n) is 18.9. The number of ether oxygens (including phenoxy) is 1. The second-order valence-corrected chi connectivity index (χ2v) is 10.6. The summed E-state index contributed by atoms with van der Waals surface area (Å²) in [5.41, 5.74) is 0.981. The van der Waals surface area contributed by atoms with Crippen LogP contribution in [0, 0.1) is 19.3 Å². The van der Waals surface area contributed by atoms with Crippen LogP contribution in [-0.4, -0.2) is 42.9 Å². The van der Waals surface area contributed by atoms with Crippen LogP contribution in [0.4, 0.5) is 0 Å². The molecule has 2 aliphatic rings. The molecular weight excluding hydrogens is 442 g/mol. The van der Waals surface area contributed by atoms with Crippen LogP contribution in [0.3, 0.4) is 0 Å². The lowest BCUT2D eigenvalue weighted by Crippen LogP contribution is -2.55. The van der Waals surface area contributed by atoms with Gasteiger partial charge in [-0.25, -0.2) is 17.5 Å². The molecule has 0 saturated heterocycles. The molecule has 1 saturated carbocycles. The first-order valence-corrected chi connectivity index (χ1v) is 12.3. The lowest BCUT2D eigenvalue weighted by Gasteiger charge is -2.45. The summed E-state index contributed by atoms with van der Waals surface area (Å²) in [7, 11) is -3.11. The number of esters is 1. The zero-order valence-corrected chi connectivity index (χ0v) is 19.7. The summed E-state index contributed by atoms with van der Waals surface area (Å²) in [6.45, 7) is 3.73. The summed E-state index contributed by atoms with van der Waals surface area (Å²) in [5, 5.41) is 11.5. The Bertz CT molecular complexity index is 1230. The third-order valence-corrected chi connectivity index (χ3v) is 8.40. The van der Waals surface area contributed by atoms with E-state index in [1.54, 1.807) is 36.4 Å². The number of aliphatic hydroxyl groups is 1. The number of nitrogens with zero attached hydrogens (tertiary/aromatic N) is 1. The summed E-state index contributed by atoms with van der Waals surface area (Å²) in [6, 6.07) is 13.2. The molecule has 1 aliphatic heterocycles. The molecule has 1 N–H and O–H groups in total.